The molecule has 3 rings (SSSR count). The van der Waals surface area contributed by atoms with Crippen LogP contribution in [-0.4, -0.2) is 23.1 Å². The number of rotatable bonds is 5. The highest BCUT2D eigenvalue weighted by atomic mass is 16.5. The number of aromatic nitrogens is 1. The predicted molar refractivity (Wildman–Crippen MR) is 102 cm³/mol. The summed E-state index contributed by atoms with van der Waals surface area (Å²) in [4.78, 5) is 24.2. The number of amides is 1. The van der Waals surface area contributed by atoms with Gasteiger partial charge in [-0.25, -0.2) is 0 Å². The van der Waals surface area contributed by atoms with Crippen LogP contribution >= 0.6 is 0 Å². The minimum atomic E-state index is -0.440. The molecule has 0 saturated heterocycles. The summed E-state index contributed by atoms with van der Waals surface area (Å²) in [7, 11) is 0. The van der Waals surface area contributed by atoms with Gasteiger partial charge in [-0.05, 0) is 61.5 Å². The van der Waals surface area contributed by atoms with Gasteiger partial charge in [0, 0.05) is 16.9 Å². The van der Waals surface area contributed by atoms with Crippen molar-refractivity contribution in [1.82, 2.24) is 4.57 Å². The molecular weight excluding hydrogens is 328 g/mol. The Bertz CT molecular complexity index is 952. The molecule has 0 fully saturated rings. The molecule has 5 heteroatoms. The fourth-order valence-corrected chi connectivity index (χ4v) is 3.12. The fraction of sp³-hybridized carbons (Fsp3) is 0.238. The summed E-state index contributed by atoms with van der Waals surface area (Å²) in [6.45, 7) is 5.65. The van der Waals surface area contributed by atoms with Crippen LogP contribution in [0.25, 0.3) is 10.9 Å². The Morgan fingerprint density at radius 3 is 2.42 bits per heavy atom. The number of ether oxygens (including phenoxy) is 1. The first-order valence-electron chi connectivity index (χ1n) is 8.51. The van der Waals surface area contributed by atoms with Crippen LogP contribution in [0.5, 0.6) is 0 Å². The largest absolute Gasteiger partial charge is 0.454 e. The third-order valence-corrected chi connectivity index (χ3v) is 4.17. The van der Waals surface area contributed by atoms with Crippen LogP contribution in [0.4, 0.5) is 5.69 Å². The van der Waals surface area contributed by atoms with Gasteiger partial charge in [-0.1, -0.05) is 24.3 Å². The van der Waals surface area contributed by atoms with Crippen LogP contribution < -0.4 is 5.32 Å². The van der Waals surface area contributed by atoms with Gasteiger partial charge >= 0.3 is 5.97 Å². The molecule has 0 saturated carbocycles. The number of benzene rings is 2. The van der Waals surface area contributed by atoms with E-state index in [9.17, 15) is 9.59 Å². The van der Waals surface area contributed by atoms with E-state index in [2.05, 4.69) is 5.32 Å². The second-order valence-electron chi connectivity index (χ2n) is 6.52. The molecule has 0 bridgehead atoms. The van der Waals surface area contributed by atoms with E-state index in [0.29, 0.717) is 5.69 Å². The molecule has 26 heavy (non-hydrogen) atoms. The number of nitrogens with zero attached hydrogens (tertiary/aromatic N) is 1. The average Bonchev–Trinajstić information content (AvgIpc) is 2.88. The third kappa shape index (κ3) is 4.11. The highest BCUT2D eigenvalue weighted by molar-refractivity contribution is 5.93. The molecule has 0 aliphatic rings. The van der Waals surface area contributed by atoms with Crippen LogP contribution in [0.3, 0.4) is 0 Å². The van der Waals surface area contributed by atoms with Gasteiger partial charge in [0.25, 0.3) is 5.91 Å². The highest BCUT2D eigenvalue weighted by Crippen LogP contribution is 2.19. The van der Waals surface area contributed by atoms with Crippen LogP contribution in [-0.2, 0) is 20.9 Å². The van der Waals surface area contributed by atoms with E-state index < -0.39 is 5.97 Å². The van der Waals surface area contributed by atoms with Gasteiger partial charge in [0.2, 0.25) is 0 Å². The van der Waals surface area contributed by atoms with Crippen molar-refractivity contribution in [2.45, 2.75) is 27.3 Å². The lowest BCUT2D eigenvalue weighted by atomic mass is 10.1. The van der Waals surface area contributed by atoms with E-state index in [1.807, 2.05) is 73.9 Å². The maximum atomic E-state index is 12.1. The minimum Gasteiger partial charge on any atom is -0.454 e. The van der Waals surface area contributed by atoms with Gasteiger partial charge in [0.15, 0.2) is 6.61 Å². The zero-order valence-electron chi connectivity index (χ0n) is 15.2. The van der Waals surface area contributed by atoms with E-state index in [4.69, 9.17) is 4.74 Å². The second kappa shape index (κ2) is 7.44. The van der Waals surface area contributed by atoms with E-state index in [1.54, 1.807) is 0 Å². The van der Waals surface area contributed by atoms with Crippen molar-refractivity contribution in [3.05, 3.63) is 65.4 Å². The van der Waals surface area contributed by atoms with Gasteiger partial charge in [0.1, 0.15) is 6.54 Å². The molecule has 0 atom stereocenters. The minimum absolute atomic E-state index is 0.0795. The van der Waals surface area contributed by atoms with Crippen molar-refractivity contribution in [2.24, 2.45) is 0 Å². The molecule has 1 heterocycles. The molecule has 0 unspecified atom stereocenters. The zero-order valence-corrected chi connectivity index (χ0v) is 15.2. The lowest BCUT2D eigenvalue weighted by Crippen LogP contribution is -2.23. The van der Waals surface area contributed by atoms with Gasteiger partial charge in [-0.15, -0.1) is 0 Å². The number of nitrogens with one attached hydrogen (secondary N) is 1. The van der Waals surface area contributed by atoms with Crippen molar-refractivity contribution in [1.29, 1.82) is 0 Å². The molecule has 1 amide bonds. The van der Waals surface area contributed by atoms with Crippen molar-refractivity contribution < 1.29 is 14.3 Å². The Morgan fingerprint density at radius 2 is 1.69 bits per heavy atom. The Labute approximate surface area is 152 Å². The number of esters is 1. The van der Waals surface area contributed by atoms with Gasteiger partial charge in [0.05, 0.1) is 0 Å². The van der Waals surface area contributed by atoms with Crippen molar-refractivity contribution in [2.75, 3.05) is 11.9 Å². The van der Waals surface area contributed by atoms with E-state index in [0.717, 1.165) is 27.7 Å². The molecule has 1 aromatic heterocycles. The Kier molecular flexibility index (Phi) is 5.07. The predicted octanol–water partition coefficient (Wildman–Crippen LogP) is 3.75. The summed E-state index contributed by atoms with van der Waals surface area (Å²) in [5.74, 6) is -0.789. The van der Waals surface area contributed by atoms with Crippen LogP contribution in [0.15, 0.2) is 48.5 Å². The van der Waals surface area contributed by atoms with E-state index >= 15 is 0 Å². The number of aryl methyl sites for hydroxylation is 3. The highest BCUT2D eigenvalue weighted by Gasteiger charge is 2.12. The number of para-hydroxylation sites is 1. The van der Waals surface area contributed by atoms with Crippen molar-refractivity contribution >= 4 is 28.5 Å². The van der Waals surface area contributed by atoms with E-state index in [-0.39, 0.29) is 19.1 Å². The molecule has 3 aromatic rings. The first kappa shape index (κ1) is 17.7. The maximum Gasteiger partial charge on any atom is 0.326 e. The molecule has 5 nitrogen and oxygen atoms in total. The average molecular weight is 350 g/mol. The number of hydrogen-bond acceptors (Lipinski definition) is 3. The molecule has 0 aliphatic heterocycles. The van der Waals surface area contributed by atoms with Gasteiger partial charge < -0.3 is 14.6 Å². The summed E-state index contributed by atoms with van der Waals surface area (Å²) in [6, 6.07) is 15.7. The summed E-state index contributed by atoms with van der Waals surface area (Å²) >= 11 is 0. The fourth-order valence-electron chi connectivity index (χ4n) is 3.12. The first-order chi connectivity index (χ1) is 12.4. The monoisotopic (exact) mass is 350 g/mol. The second-order valence-corrected chi connectivity index (χ2v) is 6.52. The first-order valence-corrected chi connectivity index (χ1v) is 8.51. The summed E-state index contributed by atoms with van der Waals surface area (Å²) < 4.78 is 7.03. The van der Waals surface area contributed by atoms with Crippen molar-refractivity contribution in [3.8, 4) is 0 Å². The van der Waals surface area contributed by atoms with Gasteiger partial charge in [-0.2, -0.15) is 0 Å². The number of anilines is 1. The SMILES string of the molecule is Cc1cc(C)cc(NC(=O)COC(=O)Cn2c(C)cc3ccccc32)c1. The molecule has 0 aliphatic carbocycles. The van der Waals surface area contributed by atoms with Crippen LogP contribution in [0, 0.1) is 20.8 Å². The molecule has 0 radical (unpaired) electrons. The third-order valence-electron chi connectivity index (χ3n) is 4.17. The molecular formula is C21H22N2O3. The number of hydrogen-bond donors (Lipinski definition) is 1. The normalized spacial score (nSPS) is 10.7. The Balaban J connectivity index is 1.58. The standard InChI is InChI=1S/C21H22N2O3/c1-14-8-15(2)10-18(9-14)22-20(24)13-26-21(25)12-23-16(3)11-17-6-4-5-7-19(17)23/h4-11H,12-13H2,1-3H3,(H,22,24). The maximum absolute atomic E-state index is 12.1. The topological polar surface area (TPSA) is 60.3 Å². The lowest BCUT2D eigenvalue weighted by Gasteiger charge is -2.10. The van der Waals surface area contributed by atoms with E-state index in [1.165, 1.54) is 0 Å². The smallest absolute Gasteiger partial charge is 0.326 e. The number of fused-ring (bicyclic) bond motifs is 1. The number of carbonyl (C=O) groups is 2. The summed E-state index contributed by atoms with van der Waals surface area (Å²) in [5.41, 5.74) is 4.78. The molecule has 2 aromatic carbocycles. The van der Waals surface area contributed by atoms with Crippen LogP contribution in [0.1, 0.15) is 16.8 Å². The molecule has 0 spiro atoms. The lowest BCUT2D eigenvalue weighted by molar-refractivity contribution is -0.147. The van der Waals surface area contributed by atoms with Crippen molar-refractivity contribution in [3.63, 3.8) is 0 Å². The quantitative estimate of drug-likeness (QED) is 0.713. The van der Waals surface area contributed by atoms with Crippen LogP contribution in [0.2, 0.25) is 0 Å². The molecule has 1 N–H and O–H groups in total. The van der Waals surface area contributed by atoms with Gasteiger partial charge in [-0.3, -0.25) is 9.59 Å². The summed E-state index contributed by atoms with van der Waals surface area (Å²) in [6.07, 6.45) is 0. The number of carbonyl (C=O) groups excluding carboxylic acids is 2. The Morgan fingerprint density at radius 1 is 1.00 bits per heavy atom. The Hall–Kier alpha value is -3.08. The molecule has 134 valence electrons. The summed E-state index contributed by atoms with van der Waals surface area (Å²) in [5, 5.41) is 3.83. The zero-order chi connectivity index (χ0) is 18.7.